The fourth-order valence-electron chi connectivity index (χ4n) is 2.15. The summed E-state index contributed by atoms with van der Waals surface area (Å²) < 4.78 is 15.7. The summed E-state index contributed by atoms with van der Waals surface area (Å²) in [5, 5.41) is 3.54. The van der Waals surface area contributed by atoms with Crippen LogP contribution in [0.5, 0.6) is 0 Å². The van der Waals surface area contributed by atoms with Crippen LogP contribution in [0.25, 0.3) is 0 Å². The van der Waals surface area contributed by atoms with Gasteiger partial charge in [0.15, 0.2) is 0 Å². The Kier molecular flexibility index (Phi) is 7.76. The molecule has 1 saturated carbocycles. The van der Waals surface area contributed by atoms with Crippen LogP contribution in [0.3, 0.4) is 0 Å². The molecule has 0 heterocycles. The van der Waals surface area contributed by atoms with Gasteiger partial charge in [0.05, 0.1) is 19.3 Å². The van der Waals surface area contributed by atoms with Crippen LogP contribution in [0.4, 0.5) is 0 Å². The molecular formula is C12H25NO3. The quantitative estimate of drug-likeness (QED) is 0.605. The number of hydrogen-bond donors (Lipinski definition) is 1. The predicted octanol–water partition coefficient (Wildman–Crippen LogP) is 1.20. The minimum absolute atomic E-state index is 0.411. The number of nitrogens with one attached hydrogen (secondary N) is 1. The van der Waals surface area contributed by atoms with E-state index >= 15 is 0 Å². The summed E-state index contributed by atoms with van der Waals surface area (Å²) in [5.41, 5.74) is 0. The van der Waals surface area contributed by atoms with Gasteiger partial charge in [-0.15, -0.1) is 0 Å². The maximum Gasteiger partial charge on any atom is 0.0724 e. The Bertz CT molecular complexity index is 166. The molecule has 0 spiro atoms. The van der Waals surface area contributed by atoms with E-state index in [1.807, 2.05) is 0 Å². The van der Waals surface area contributed by atoms with Gasteiger partial charge in [0.1, 0.15) is 0 Å². The van der Waals surface area contributed by atoms with Crippen LogP contribution in [0.15, 0.2) is 0 Å². The number of hydrogen-bond acceptors (Lipinski definition) is 4. The van der Waals surface area contributed by atoms with Crippen LogP contribution in [0, 0.1) is 0 Å². The van der Waals surface area contributed by atoms with Gasteiger partial charge in [0, 0.05) is 26.9 Å². The molecule has 0 aromatic heterocycles. The lowest BCUT2D eigenvalue weighted by atomic mass is 10.2. The monoisotopic (exact) mass is 231 g/mol. The fraction of sp³-hybridized carbons (Fsp3) is 1.00. The van der Waals surface area contributed by atoms with Crippen LogP contribution < -0.4 is 5.32 Å². The molecule has 1 aliphatic rings. The minimum atomic E-state index is 0.411. The Hall–Kier alpha value is -0.160. The lowest BCUT2D eigenvalue weighted by Gasteiger charge is -2.19. The topological polar surface area (TPSA) is 39.7 Å². The fourth-order valence-corrected chi connectivity index (χ4v) is 2.15. The number of rotatable bonds is 9. The Morgan fingerprint density at radius 2 is 2.00 bits per heavy atom. The maximum absolute atomic E-state index is 5.42. The normalized spacial score (nSPS) is 25.1. The molecule has 96 valence electrons. The van der Waals surface area contributed by atoms with Gasteiger partial charge in [-0.2, -0.15) is 0 Å². The molecule has 0 aromatic rings. The molecule has 0 aliphatic heterocycles. The van der Waals surface area contributed by atoms with Gasteiger partial charge in [-0.1, -0.05) is 0 Å². The summed E-state index contributed by atoms with van der Waals surface area (Å²) in [5.74, 6) is 0. The number of methoxy groups -OCH3 is 2. The van der Waals surface area contributed by atoms with Gasteiger partial charge < -0.3 is 19.5 Å². The Labute approximate surface area is 98.6 Å². The minimum Gasteiger partial charge on any atom is -0.382 e. The van der Waals surface area contributed by atoms with E-state index in [-0.39, 0.29) is 0 Å². The van der Waals surface area contributed by atoms with E-state index in [0.717, 1.165) is 19.6 Å². The molecule has 0 bridgehead atoms. The van der Waals surface area contributed by atoms with E-state index in [0.29, 0.717) is 25.4 Å². The van der Waals surface area contributed by atoms with Crippen LogP contribution in [-0.4, -0.2) is 52.7 Å². The molecule has 4 heteroatoms. The van der Waals surface area contributed by atoms with Crippen LogP contribution in [0.1, 0.15) is 25.7 Å². The third kappa shape index (κ3) is 5.25. The molecule has 0 aromatic carbocycles. The second kappa shape index (κ2) is 8.93. The highest BCUT2D eigenvalue weighted by Crippen LogP contribution is 2.21. The Morgan fingerprint density at radius 3 is 2.75 bits per heavy atom. The lowest BCUT2D eigenvalue weighted by Crippen LogP contribution is -2.37. The third-order valence-electron chi connectivity index (χ3n) is 3.06. The van der Waals surface area contributed by atoms with Crippen molar-refractivity contribution in [1.82, 2.24) is 5.32 Å². The van der Waals surface area contributed by atoms with Crippen molar-refractivity contribution in [3.63, 3.8) is 0 Å². The summed E-state index contributed by atoms with van der Waals surface area (Å²) in [7, 11) is 3.49. The summed E-state index contributed by atoms with van der Waals surface area (Å²) in [4.78, 5) is 0. The summed E-state index contributed by atoms with van der Waals surface area (Å²) in [6.45, 7) is 3.20. The lowest BCUT2D eigenvalue weighted by molar-refractivity contribution is 0.0658. The standard InChI is InChI=1S/C12H25NO3/c1-14-9-10-16-8-4-7-13-11-5-3-6-12(11)15-2/h11-13H,3-10H2,1-2H3. The molecule has 4 nitrogen and oxygen atoms in total. The van der Waals surface area contributed by atoms with Crippen LogP contribution in [-0.2, 0) is 14.2 Å². The maximum atomic E-state index is 5.42. The largest absolute Gasteiger partial charge is 0.382 e. The molecule has 1 rings (SSSR count). The molecule has 16 heavy (non-hydrogen) atoms. The summed E-state index contributed by atoms with van der Waals surface area (Å²) in [6, 6.07) is 0.545. The molecule has 2 unspecified atom stereocenters. The first-order valence-corrected chi connectivity index (χ1v) is 6.21. The molecule has 0 radical (unpaired) electrons. The first-order chi connectivity index (χ1) is 7.88. The second-order valence-electron chi connectivity index (χ2n) is 4.22. The molecule has 0 saturated heterocycles. The van der Waals surface area contributed by atoms with Gasteiger partial charge in [-0.25, -0.2) is 0 Å². The van der Waals surface area contributed by atoms with Crippen molar-refractivity contribution in [1.29, 1.82) is 0 Å². The SMILES string of the molecule is COCCOCCCNC1CCCC1OC. The van der Waals surface area contributed by atoms with E-state index in [1.165, 1.54) is 19.3 Å². The zero-order chi connectivity index (χ0) is 11.6. The van der Waals surface area contributed by atoms with Gasteiger partial charge in [-0.3, -0.25) is 0 Å². The molecule has 2 atom stereocenters. The van der Waals surface area contributed by atoms with Gasteiger partial charge >= 0.3 is 0 Å². The predicted molar refractivity (Wildman–Crippen MR) is 63.8 cm³/mol. The smallest absolute Gasteiger partial charge is 0.0724 e. The van der Waals surface area contributed by atoms with Gasteiger partial charge in [-0.05, 0) is 32.2 Å². The molecule has 1 N–H and O–H groups in total. The van der Waals surface area contributed by atoms with Crippen molar-refractivity contribution in [2.45, 2.75) is 37.8 Å². The van der Waals surface area contributed by atoms with E-state index < -0.39 is 0 Å². The van der Waals surface area contributed by atoms with E-state index in [4.69, 9.17) is 14.2 Å². The highest BCUT2D eigenvalue weighted by atomic mass is 16.5. The zero-order valence-corrected chi connectivity index (χ0v) is 10.5. The molecule has 1 fully saturated rings. The third-order valence-corrected chi connectivity index (χ3v) is 3.06. The van der Waals surface area contributed by atoms with Gasteiger partial charge in [0.25, 0.3) is 0 Å². The van der Waals surface area contributed by atoms with Crippen LogP contribution in [0.2, 0.25) is 0 Å². The second-order valence-corrected chi connectivity index (χ2v) is 4.22. The molecular weight excluding hydrogens is 206 g/mol. The summed E-state index contributed by atoms with van der Waals surface area (Å²) in [6.07, 6.45) is 5.17. The van der Waals surface area contributed by atoms with Crippen molar-refractivity contribution < 1.29 is 14.2 Å². The Balaban J connectivity index is 1.90. The number of ether oxygens (including phenoxy) is 3. The highest BCUT2D eigenvalue weighted by molar-refractivity contribution is 4.83. The highest BCUT2D eigenvalue weighted by Gasteiger charge is 2.25. The first kappa shape index (κ1) is 13.9. The molecule has 0 amide bonds. The molecule has 1 aliphatic carbocycles. The van der Waals surface area contributed by atoms with E-state index in [1.54, 1.807) is 14.2 Å². The van der Waals surface area contributed by atoms with E-state index in [2.05, 4.69) is 5.32 Å². The van der Waals surface area contributed by atoms with Crippen molar-refractivity contribution in [2.75, 3.05) is 40.6 Å². The zero-order valence-electron chi connectivity index (χ0n) is 10.5. The van der Waals surface area contributed by atoms with Crippen molar-refractivity contribution in [3.8, 4) is 0 Å². The van der Waals surface area contributed by atoms with Crippen molar-refractivity contribution in [3.05, 3.63) is 0 Å². The van der Waals surface area contributed by atoms with Crippen LogP contribution >= 0.6 is 0 Å². The summed E-state index contributed by atoms with van der Waals surface area (Å²) >= 11 is 0. The average molecular weight is 231 g/mol. The van der Waals surface area contributed by atoms with E-state index in [9.17, 15) is 0 Å². The van der Waals surface area contributed by atoms with Crippen molar-refractivity contribution in [2.24, 2.45) is 0 Å². The first-order valence-electron chi connectivity index (χ1n) is 6.21. The van der Waals surface area contributed by atoms with Crippen molar-refractivity contribution >= 4 is 0 Å². The Morgan fingerprint density at radius 1 is 1.12 bits per heavy atom. The average Bonchev–Trinajstić information content (AvgIpc) is 2.75. The van der Waals surface area contributed by atoms with Gasteiger partial charge in [0.2, 0.25) is 0 Å².